The van der Waals surface area contributed by atoms with E-state index in [1.165, 1.54) is 5.56 Å². The Labute approximate surface area is 107 Å². The van der Waals surface area contributed by atoms with E-state index >= 15 is 0 Å². The van der Waals surface area contributed by atoms with Gasteiger partial charge in [-0.3, -0.25) is 4.79 Å². The molecule has 0 radical (unpaired) electrons. The van der Waals surface area contributed by atoms with Crippen molar-refractivity contribution in [3.8, 4) is 0 Å². The maximum atomic E-state index is 11.4. The van der Waals surface area contributed by atoms with E-state index < -0.39 is 0 Å². The number of nitrogens with zero attached hydrogens (tertiary/aromatic N) is 1. The van der Waals surface area contributed by atoms with Gasteiger partial charge in [0.1, 0.15) is 0 Å². The van der Waals surface area contributed by atoms with Crippen molar-refractivity contribution in [2.24, 2.45) is 0 Å². The van der Waals surface area contributed by atoms with E-state index in [-0.39, 0.29) is 5.91 Å². The molecule has 96 valence electrons. The fraction of sp³-hybridized carbons (Fsp3) is 0.500. The van der Waals surface area contributed by atoms with Crippen LogP contribution in [0, 0.1) is 0 Å². The summed E-state index contributed by atoms with van der Waals surface area (Å²) in [6, 6.07) is 6.24. The van der Waals surface area contributed by atoms with Gasteiger partial charge in [0.25, 0.3) is 0 Å². The van der Waals surface area contributed by atoms with Crippen LogP contribution in [0.25, 0.3) is 0 Å². The van der Waals surface area contributed by atoms with E-state index in [0.717, 1.165) is 50.4 Å². The molecule has 0 atom stereocenters. The number of carbonyl (C=O) groups is 1. The molecular weight excluding hydrogens is 226 g/mol. The largest absolute Gasteiger partial charge is 0.325 e. The molecule has 1 amide bonds. The molecule has 2 aliphatic heterocycles. The summed E-state index contributed by atoms with van der Waals surface area (Å²) in [5.41, 5.74) is 3.49. The van der Waals surface area contributed by atoms with Crippen molar-refractivity contribution in [1.29, 1.82) is 0 Å². The zero-order valence-electron chi connectivity index (χ0n) is 10.5. The first-order valence-electron chi connectivity index (χ1n) is 6.66. The fourth-order valence-corrected chi connectivity index (χ4v) is 2.74. The zero-order chi connectivity index (χ0) is 12.4. The van der Waals surface area contributed by atoms with Gasteiger partial charge in [-0.2, -0.15) is 0 Å². The maximum Gasteiger partial charge on any atom is 0.228 e. The second-order valence-electron chi connectivity index (χ2n) is 5.02. The molecule has 0 bridgehead atoms. The van der Waals surface area contributed by atoms with Crippen molar-refractivity contribution in [1.82, 2.24) is 10.2 Å². The first kappa shape index (κ1) is 11.7. The molecule has 2 N–H and O–H groups in total. The molecule has 1 fully saturated rings. The average Bonchev–Trinajstić information content (AvgIpc) is 2.78. The van der Waals surface area contributed by atoms with Crippen LogP contribution in [-0.2, 0) is 17.6 Å². The number of benzene rings is 1. The average molecular weight is 245 g/mol. The molecule has 4 nitrogen and oxygen atoms in total. The quantitative estimate of drug-likeness (QED) is 0.821. The summed E-state index contributed by atoms with van der Waals surface area (Å²) in [5.74, 6) is 0.125. The van der Waals surface area contributed by atoms with Crippen molar-refractivity contribution in [2.45, 2.75) is 12.8 Å². The summed E-state index contributed by atoms with van der Waals surface area (Å²) >= 11 is 0. The van der Waals surface area contributed by atoms with E-state index in [4.69, 9.17) is 0 Å². The molecule has 0 aliphatic carbocycles. The molecule has 1 aromatic rings. The number of nitrogens with one attached hydrogen (secondary N) is 2. The molecule has 0 spiro atoms. The Hall–Kier alpha value is -1.39. The predicted molar refractivity (Wildman–Crippen MR) is 71.8 cm³/mol. The monoisotopic (exact) mass is 245 g/mol. The lowest BCUT2D eigenvalue weighted by atomic mass is 10.0. The number of amides is 1. The van der Waals surface area contributed by atoms with Gasteiger partial charge in [-0.15, -0.1) is 0 Å². The predicted octanol–water partition coefficient (Wildman–Crippen LogP) is 0.629. The molecular formula is C14H19N3O. The Bertz CT molecular complexity index is 452. The SMILES string of the molecule is O=C1Cc2cccc(CCN3CCNCC3)c2N1. The van der Waals surface area contributed by atoms with Crippen molar-refractivity contribution in [2.75, 3.05) is 38.0 Å². The topological polar surface area (TPSA) is 44.4 Å². The first-order valence-corrected chi connectivity index (χ1v) is 6.66. The van der Waals surface area contributed by atoms with Gasteiger partial charge < -0.3 is 15.5 Å². The van der Waals surface area contributed by atoms with Gasteiger partial charge in [0.15, 0.2) is 0 Å². The second-order valence-corrected chi connectivity index (χ2v) is 5.02. The normalized spacial score (nSPS) is 19.7. The Kier molecular flexibility index (Phi) is 3.30. The number of anilines is 1. The van der Waals surface area contributed by atoms with Gasteiger partial charge >= 0.3 is 0 Å². The third-order valence-corrected chi connectivity index (χ3v) is 3.76. The van der Waals surface area contributed by atoms with Gasteiger partial charge in [0.2, 0.25) is 5.91 Å². The highest BCUT2D eigenvalue weighted by molar-refractivity contribution is 6.00. The van der Waals surface area contributed by atoms with Crippen LogP contribution in [-0.4, -0.2) is 43.5 Å². The summed E-state index contributed by atoms with van der Waals surface area (Å²) in [4.78, 5) is 13.9. The minimum Gasteiger partial charge on any atom is -0.325 e. The molecule has 1 saturated heterocycles. The van der Waals surface area contributed by atoms with Crippen LogP contribution in [0.5, 0.6) is 0 Å². The Morgan fingerprint density at radius 3 is 2.89 bits per heavy atom. The van der Waals surface area contributed by atoms with E-state index in [1.54, 1.807) is 0 Å². The molecule has 18 heavy (non-hydrogen) atoms. The van der Waals surface area contributed by atoms with Crippen molar-refractivity contribution >= 4 is 11.6 Å². The van der Waals surface area contributed by atoms with Gasteiger partial charge in [-0.1, -0.05) is 18.2 Å². The van der Waals surface area contributed by atoms with E-state index in [1.807, 2.05) is 6.07 Å². The minimum atomic E-state index is 0.125. The molecule has 4 heteroatoms. The number of piperazine rings is 1. The third kappa shape index (κ3) is 2.40. The highest BCUT2D eigenvalue weighted by Gasteiger charge is 2.20. The van der Waals surface area contributed by atoms with Crippen molar-refractivity contribution in [3.05, 3.63) is 29.3 Å². The van der Waals surface area contributed by atoms with E-state index in [2.05, 4.69) is 27.7 Å². The molecule has 2 heterocycles. The van der Waals surface area contributed by atoms with Crippen LogP contribution < -0.4 is 10.6 Å². The second kappa shape index (κ2) is 5.08. The number of carbonyl (C=O) groups excluding carboxylic acids is 1. The zero-order valence-corrected chi connectivity index (χ0v) is 10.5. The number of hydrogen-bond donors (Lipinski definition) is 2. The van der Waals surface area contributed by atoms with Crippen molar-refractivity contribution in [3.63, 3.8) is 0 Å². The highest BCUT2D eigenvalue weighted by atomic mass is 16.1. The smallest absolute Gasteiger partial charge is 0.228 e. The number of para-hydroxylation sites is 1. The van der Waals surface area contributed by atoms with Gasteiger partial charge in [-0.05, 0) is 17.5 Å². The number of hydrogen-bond acceptors (Lipinski definition) is 3. The molecule has 0 unspecified atom stereocenters. The highest BCUT2D eigenvalue weighted by Crippen LogP contribution is 2.27. The molecule has 2 aliphatic rings. The lowest BCUT2D eigenvalue weighted by Crippen LogP contribution is -2.44. The fourth-order valence-electron chi connectivity index (χ4n) is 2.74. The Morgan fingerprint density at radius 1 is 1.22 bits per heavy atom. The lowest BCUT2D eigenvalue weighted by molar-refractivity contribution is -0.115. The van der Waals surface area contributed by atoms with Gasteiger partial charge in [0, 0.05) is 38.4 Å². The van der Waals surface area contributed by atoms with Crippen LogP contribution in [0.2, 0.25) is 0 Å². The van der Waals surface area contributed by atoms with E-state index in [9.17, 15) is 4.79 Å². The van der Waals surface area contributed by atoms with Crippen LogP contribution in [0.4, 0.5) is 5.69 Å². The molecule has 0 aromatic heterocycles. The van der Waals surface area contributed by atoms with E-state index in [0.29, 0.717) is 6.42 Å². The van der Waals surface area contributed by atoms with Crippen LogP contribution >= 0.6 is 0 Å². The standard InChI is InChI=1S/C14H19N3O/c18-13-10-12-3-1-2-11(14(12)16-13)4-7-17-8-5-15-6-9-17/h1-3,15H,4-10H2,(H,16,18). The minimum absolute atomic E-state index is 0.125. The van der Waals surface area contributed by atoms with Crippen molar-refractivity contribution < 1.29 is 4.79 Å². The van der Waals surface area contributed by atoms with Gasteiger partial charge in [-0.25, -0.2) is 0 Å². The molecule has 1 aromatic carbocycles. The molecule has 0 saturated carbocycles. The summed E-state index contributed by atoms with van der Waals surface area (Å²) in [6.45, 7) is 5.50. The third-order valence-electron chi connectivity index (χ3n) is 3.76. The summed E-state index contributed by atoms with van der Waals surface area (Å²) in [5, 5.41) is 6.35. The Balaban J connectivity index is 1.66. The van der Waals surface area contributed by atoms with Gasteiger partial charge in [0.05, 0.1) is 6.42 Å². The maximum absolute atomic E-state index is 11.4. The summed E-state index contributed by atoms with van der Waals surface area (Å²) < 4.78 is 0. The first-order chi connectivity index (χ1) is 8.83. The lowest BCUT2D eigenvalue weighted by Gasteiger charge is -2.27. The summed E-state index contributed by atoms with van der Waals surface area (Å²) in [7, 11) is 0. The van der Waals surface area contributed by atoms with Crippen LogP contribution in [0.3, 0.4) is 0 Å². The summed E-state index contributed by atoms with van der Waals surface area (Å²) in [6.07, 6.45) is 1.56. The number of rotatable bonds is 3. The molecule has 3 rings (SSSR count). The van der Waals surface area contributed by atoms with Crippen LogP contribution in [0.15, 0.2) is 18.2 Å². The Morgan fingerprint density at radius 2 is 2.06 bits per heavy atom. The number of fused-ring (bicyclic) bond motifs is 1. The van der Waals surface area contributed by atoms with Crippen LogP contribution in [0.1, 0.15) is 11.1 Å².